The number of fused-ring (bicyclic) bond motifs is 1. The summed E-state index contributed by atoms with van der Waals surface area (Å²) >= 11 is 2.30. The van der Waals surface area contributed by atoms with Crippen LogP contribution < -0.4 is 0 Å². The smallest absolute Gasteiger partial charge is 0.176 e. The largest absolute Gasteiger partial charge is 0.224 e. The maximum absolute atomic E-state index is 11.8. The van der Waals surface area contributed by atoms with Crippen molar-refractivity contribution >= 4 is 43.2 Å². The molecule has 0 amide bonds. The van der Waals surface area contributed by atoms with Crippen LogP contribution in [0.3, 0.4) is 0 Å². The molecule has 2 rings (SSSR count). The average molecular weight is 360 g/mol. The molecule has 0 aliphatic rings. The number of sulfone groups is 1. The molecule has 0 radical (unpaired) electrons. The molecule has 0 bridgehead atoms. The van der Waals surface area contributed by atoms with Crippen molar-refractivity contribution < 1.29 is 8.42 Å². The summed E-state index contributed by atoms with van der Waals surface area (Å²) < 4.78 is 24.5. The molecule has 4 heteroatoms. The van der Waals surface area contributed by atoms with Gasteiger partial charge in [0, 0.05) is 16.1 Å². The molecule has 0 spiro atoms. The van der Waals surface area contributed by atoms with Crippen LogP contribution in [0.2, 0.25) is 0 Å². The van der Waals surface area contributed by atoms with Crippen LogP contribution >= 0.6 is 22.6 Å². The van der Waals surface area contributed by atoms with E-state index in [4.69, 9.17) is 0 Å². The molecule has 0 aliphatic carbocycles. The van der Waals surface area contributed by atoms with Crippen molar-refractivity contribution in [3.63, 3.8) is 0 Å². The lowest BCUT2D eigenvalue weighted by Gasteiger charge is -2.11. The monoisotopic (exact) mass is 360 g/mol. The summed E-state index contributed by atoms with van der Waals surface area (Å²) in [6, 6.07) is 9.54. The lowest BCUT2D eigenvalue weighted by molar-refractivity contribution is 0.602. The van der Waals surface area contributed by atoms with Gasteiger partial charge in [0.2, 0.25) is 0 Å². The van der Waals surface area contributed by atoms with E-state index in [1.54, 1.807) is 6.07 Å². The number of hydrogen-bond donors (Lipinski definition) is 0. The van der Waals surface area contributed by atoms with Crippen molar-refractivity contribution in [2.75, 3.05) is 6.26 Å². The molecule has 2 aromatic rings. The molecule has 0 N–H and O–H groups in total. The van der Waals surface area contributed by atoms with E-state index in [9.17, 15) is 8.42 Å². The summed E-state index contributed by atoms with van der Waals surface area (Å²) in [5.74, 6) is 0. The van der Waals surface area contributed by atoms with Crippen molar-refractivity contribution in [1.29, 1.82) is 0 Å². The Hall–Kier alpha value is -0.620. The van der Waals surface area contributed by atoms with Gasteiger partial charge in [0.15, 0.2) is 9.84 Å². The van der Waals surface area contributed by atoms with Gasteiger partial charge in [-0.25, -0.2) is 8.42 Å². The molecule has 0 unspecified atom stereocenters. The zero-order valence-corrected chi connectivity index (χ0v) is 12.7. The molecule has 0 atom stereocenters. The highest BCUT2D eigenvalue weighted by Gasteiger charge is 2.14. The van der Waals surface area contributed by atoms with Gasteiger partial charge < -0.3 is 0 Å². The van der Waals surface area contributed by atoms with Crippen LogP contribution in [-0.4, -0.2) is 14.7 Å². The average Bonchev–Trinajstić information content (AvgIpc) is 2.27. The molecule has 2 nitrogen and oxygen atoms in total. The van der Waals surface area contributed by atoms with E-state index in [1.165, 1.54) is 11.8 Å². The SMILES string of the molecule is Cc1cccc2c(CI)ccc(S(C)(=O)=O)c12. The normalized spacial score (nSPS) is 11.9. The van der Waals surface area contributed by atoms with Crippen LogP contribution in [0.4, 0.5) is 0 Å². The van der Waals surface area contributed by atoms with Gasteiger partial charge in [0.05, 0.1) is 4.90 Å². The molecule has 17 heavy (non-hydrogen) atoms. The van der Waals surface area contributed by atoms with E-state index in [0.717, 1.165) is 20.8 Å². The third-order valence-electron chi connectivity index (χ3n) is 2.84. The summed E-state index contributed by atoms with van der Waals surface area (Å²) in [5.41, 5.74) is 2.19. The zero-order chi connectivity index (χ0) is 12.6. The van der Waals surface area contributed by atoms with Crippen LogP contribution in [-0.2, 0) is 14.3 Å². The second-order valence-corrected chi connectivity index (χ2v) is 6.87. The highest BCUT2D eigenvalue weighted by atomic mass is 127. The molecule has 0 fully saturated rings. The van der Waals surface area contributed by atoms with Crippen molar-refractivity contribution in [3.05, 3.63) is 41.5 Å². The van der Waals surface area contributed by atoms with Crippen LogP contribution in [0.25, 0.3) is 10.8 Å². The summed E-state index contributed by atoms with van der Waals surface area (Å²) in [4.78, 5) is 0.430. The van der Waals surface area contributed by atoms with Gasteiger partial charge in [-0.2, -0.15) is 0 Å². The summed E-state index contributed by atoms with van der Waals surface area (Å²) in [7, 11) is -3.18. The molecule has 90 valence electrons. The fourth-order valence-electron chi connectivity index (χ4n) is 2.04. The molecule has 0 heterocycles. The highest BCUT2D eigenvalue weighted by Crippen LogP contribution is 2.30. The summed E-state index contributed by atoms with van der Waals surface area (Å²) in [5, 5.41) is 1.91. The Morgan fingerprint density at radius 2 is 1.88 bits per heavy atom. The van der Waals surface area contributed by atoms with Crippen molar-refractivity contribution in [1.82, 2.24) is 0 Å². The van der Waals surface area contributed by atoms with Crippen molar-refractivity contribution in [3.8, 4) is 0 Å². The predicted molar refractivity (Wildman–Crippen MR) is 79.5 cm³/mol. The van der Waals surface area contributed by atoms with E-state index in [1.807, 2.05) is 31.2 Å². The number of halogens is 1. The van der Waals surface area contributed by atoms with Gasteiger partial charge in [-0.05, 0) is 29.5 Å². The van der Waals surface area contributed by atoms with E-state index in [0.29, 0.717) is 4.90 Å². The van der Waals surface area contributed by atoms with E-state index in [-0.39, 0.29) is 0 Å². The van der Waals surface area contributed by atoms with Gasteiger partial charge in [-0.1, -0.05) is 46.9 Å². The maximum atomic E-state index is 11.8. The number of hydrogen-bond acceptors (Lipinski definition) is 2. The second kappa shape index (κ2) is 4.57. The number of benzene rings is 2. The molecule has 0 saturated carbocycles. The van der Waals surface area contributed by atoms with Crippen LogP contribution in [0, 0.1) is 6.92 Å². The fraction of sp³-hybridized carbons (Fsp3) is 0.231. The molecule has 2 aromatic carbocycles. The topological polar surface area (TPSA) is 34.1 Å². The molecule has 0 aliphatic heterocycles. The third-order valence-corrected chi connectivity index (χ3v) is 4.81. The highest BCUT2D eigenvalue weighted by molar-refractivity contribution is 14.1. The van der Waals surface area contributed by atoms with E-state index < -0.39 is 9.84 Å². The van der Waals surface area contributed by atoms with E-state index >= 15 is 0 Å². The Kier molecular flexibility index (Phi) is 3.45. The standard InChI is InChI=1S/C13H13IO2S/c1-9-4-3-5-11-10(8-14)6-7-12(13(9)11)17(2,15)16/h3-7H,8H2,1-2H3. The quantitative estimate of drug-likeness (QED) is 0.607. The van der Waals surface area contributed by atoms with Crippen LogP contribution in [0.5, 0.6) is 0 Å². The van der Waals surface area contributed by atoms with Crippen molar-refractivity contribution in [2.45, 2.75) is 16.2 Å². The van der Waals surface area contributed by atoms with Gasteiger partial charge in [0.25, 0.3) is 0 Å². The van der Waals surface area contributed by atoms with Gasteiger partial charge in [-0.15, -0.1) is 0 Å². The Morgan fingerprint density at radius 1 is 1.18 bits per heavy atom. The molecular formula is C13H13IO2S. The van der Waals surface area contributed by atoms with Crippen LogP contribution in [0.15, 0.2) is 35.2 Å². The lowest BCUT2D eigenvalue weighted by atomic mass is 10.0. The van der Waals surface area contributed by atoms with Gasteiger partial charge in [-0.3, -0.25) is 0 Å². The Bertz CT molecular complexity index is 675. The first-order chi connectivity index (χ1) is 7.95. The minimum absolute atomic E-state index is 0.430. The number of rotatable bonds is 2. The Labute approximate surface area is 115 Å². The first-order valence-electron chi connectivity index (χ1n) is 5.22. The van der Waals surface area contributed by atoms with Crippen LogP contribution in [0.1, 0.15) is 11.1 Å². The second-order valence-electron chi connectivity index (χ2n) is 4.13. The minimum atomic E-state index is -3.18. The van der Waals surface area contributed by atoms with Crippen molar-refractivity contribution in [2.24, 2.45) is 0 Å². The number of aryl methyl sites for hydroxylation is 1. The maximum Gasteiger partial charge on any atom is 0.176 e. The molecule has 0 aromatic heterocycles. The predicted octanol–water partition coefficient (Wildman–Crippen LogP) is 3.49. The van der Waals surface area contributed by atoms with E-state index in [2.05, 4.69) is 22.6 Å². The zero-order valence-electron chi connectivity index (χ0n) is 9.70. The summed E-state index contributed by atoms with van der Waals surface area (Å²) in [6.45, 7) is 1.95. The minimum Gasteiger partial charge on any atom is -0.224 e. The Morgan fingerprint density at radius 3 is 2.47 bits per heavy atom. The fourth-order valence-corrected chi connectivity index (χ4v) is 3.66. The number of alkyl halides is 1. The first kappa shape index (κ1) is 12.8. The van der Waals surface area contributed by atoms with Gasteiger partial charge in [0.1, 0.15) is 0 Å². The Balaban J connectivity index is 3.00. The molecule has 0 saturated heterocycles. The van der Waals surface area contributed by atoms with Gasteiger partial charge >= 0.3 is 0 Å². The third kappa shape index (κ3) is 2.33. The molecular weight excluding hydrogens is 347 g/mol. The summed E-state index contributed by atoms with van der Waals surface area (Å²) in [6.07, 6.45) is 1.26. The first-order valence-corrected chi connectivity index (χ1v) is 8.64. The lowest BCUT2D eigenvalue weighted by Crippen LogP contribution is -2.00.